The maximum atomic E-state index is 6.18. The maximum Gasteiger partial charge on any atom is 0.120 e. The highest BCUT2D eigenvalue weighted by Gasteiger charge is 2.04. The van der Waals surface area contributed by atoms with E-state index in [-0.39, 0.29) is 0 Å². The minimum absolute atomic E-state index is 0.475. The average Bonchev–Trinajstić information content (AvgIpc) is 2.39. The van der Waals surface area contributed by atoms with Gasteiger partial charge in [-0.05, 0) is 42.3 Å². The number of ether oxygens (including phenoxy) is 1. The van der Waals surface area contributed by atoms with E-state index in [1.807, 2.05) is 43.3 Å². The van der Waals surface area contributed by atoms with Crippen molar-refractivity contribution in [3.8, 4) is 5.75 Å². The lowest BCUT2D eigenvalue weighted by Gasteiger charge is -2.10. The summed E-state index contributed by atoms with van der Waals surface area (Å²) in [5, 5.41) is 1.54. The third-order valence-corrected chi connectivity index (χ3v) is 4.49. The zero-order valence-corrected chi connectivity index (χ0v) is 14.3. The van der Waals surface area contributed by atoms with Crippen LogP contribution in [0, 0.1) is 6.92 Å². The Morgan fingerprint density at radius 1 is 1.11 bits per heavy atom. The van der Waals surface area contributed by atoms with Crippen molar-refractivity contribution in [3.05, 3.63) is 62.6 Å². The highest BCUT2D eigenvalue weighted by atomic mass is 79.9. The lowest BCUT2D eigenvalue weighted by atomic mass is 10.1. The summed E-state index contributed by atoms with van der Waals surface area (Å²) in [5.41, 5.74) is 3.31. The van der Waals surface area contributed by atoms with E-state index >= 15 is 0 Å². The molecule has 0 N–H and O–H groups in total. The van der Waals surface area contributed by atoms with Crippen molar-refractivity contribution >= 4 is 43.5 Å². The first kappa shape index (κ1) is 14.9. The highest BCUT2D eigenvalue weighted by Crippen LogP contribution is 2.26. The summed E-state index contributed by atoms with van der Waals surface area (Å²) in [4.78, 5) is 0. The largest absolute Gasteiger partial charge is 0.489 e. The Morgan fingerprint density at radius 3 is 2.58 bits per heavy atom. The Balaban J connectivity index is 2.10. The van der Waals surface area contributed by atoms with Crippen molar-refractivity contribution in [2.45, 2.75) is 18.9 Å². The molecular formula is C15H13Br2ClO. The molecule has 0 saturated carbocycles. The van der Waals surface area contributed by atoms with Crippen LogP contribution in [0.2, 0.25) is 5.02 Å². The standard InChI is InChI=1S/C15H13Br2ClO/c1-10-2-3-11(15(18)6-10)9-19-13-4-5-14(17)12(7-13)8-16/h2-7H,8-9H2,1H3. The summed E-state index contributed by atoms with van der Waals surface area (Å²) in [6, 6.07) is 11.9. The quantitative estimate of drug-likeness (QED) is 0.578. The first-order valence-corrected chi connectivity index (χ1v) is 8.11. The van der Waals surface area contributed by atoms with Crippen LogP contribution < -0.4 is 4.74 Å². The van der Waals surface area contributed by atoms with Crippen molar-refractivity contribution in [2.75, 3.05) is 0 Å². The number of alkyl halides is 1. The molecule has 100 valence electrons. The molecular weight excluding hydrogens is 391 g/mol. The molecule has 0 amide bonds. The van der Waals surface area contributed by atoms with E-state index in [1.54, 1.807) is 0 Å². The monoisotopic (exact) mass is 402 g/mol. The van der Waals surface area contributed by atoms with Crippen molar-refractivity contribution in [1.29, 1.82) is 0 Å². The second-order valence-electron chi connectivity index (χ2n) is 4.27. The molecule has 0 atom stereocenters. The van der Waals surface area contributed by atoms with Gasteiger partial charge in [-0.25, -0.2) is 0 Å². The summed E-state index contributed by atoms with van der Waals surface area (Å²) in [6.07, 6.45) is 0. The van der Waals surface area contributed by atoms with Gasteiger partial charge in [0.25, 0.3) is 0 Å². The van der Waals surface area contributed by atoms with Gasteiger partial charge in [0.1, 0.15) is 12.4 Å². The first-order valence-electron chi connectivity index (χ1n) is 5.82. The van der Waals surface area contributed by atoms with Gasteiger partial charge in [0, 0.05) is 20.4 Å². The minimum Gasteiger partial charge on any atom is -0.489 e. The van der Waals surface area contributed by atoms with Crippen LogP contribution in [0.3, 0.4) is 0 Å². The van der Waals surface area contributed by atoms with Crippen LogP contribution in [0.25, 0.3) is 0 Å². The number of hydrogen-bond donors (Lipinski definition) is 0. The molecule has 0 aliphatic heterocycles. The molecule has 0 heterocycles. The molecule has 0 saturated heterocycles. The van der Waals surface area contributed by atoms with E-state index in [0.29, 0.717) is 6.61 Å². The number of benzene rings is 2. The predicted octanol–water partition coefficient (Wildman–Crippen LogP) is 5.88. The second-order valence-corrected chi connectivity index (χ2v) is 6.09. The smallest absolute Gasteiger partial charge is 0.120 e. The summed E-state index contributed by atoms with van der Waals surface area (Å²) in [7, 11) is 0. The van der Waals surface area contributed by atoms with Gasteiger partial charge in [-0.3, -0.25) is 0 Å². The fraction of sp³-hybridized carbons (Fsp3) is 0.200. The Kier molecular flexibility index (Phi) is 5.31. The SMILES string of the molecule is Cc1ccc(COc2ccc(Br)c(CBr)c2)c(Cl)c1. The molecule has 2 aromatic rings. The third-order valence-electron chi connectivity index (χ3n) is 2.76. The van der Waals surface area contributed by atoms with Gasteiger partial charge in [-0.15, -0.1) is 0 Å². The fourth-order valence-electron chi connectivity index (χ4n) is 1.67. The summed E-state index contributed by atoms with van der Waals surface area (Å²) < 4.78 is 6.86. The lowest BCUT2D eigenvalue weighted by molar-refractivity contribution is 0.306. The predicted molar refractivity (Wildman–Crippen MR) is 87.3 cm³/mol. The molecule has 1 nitrogen and oxygen atoms in total. The Hall–Kier alpha value is -0.510. The third kappa shape index (κ3) is 3.98. The van der Waals surface area contributed by atoms with Crippen LogP contribution in [0.1, 0.15) is 16.7 Å². The van der Waals surface area contributed by atoms with E-state index in [9.17, 15) is 0 Å². The molecule has 2 rings (SSSR count). The zero-order valence-electron chi connectivity index (χ0n) is 10.4. The van der Waals surface area contributed by atoms with Gasteiger partial charge in [-0.1, -0.05) is 55.6 Å². The molecule has 0 aromatic heterocycles. The van der Waals surface area contributed by atoms with E-state index in [1.165, 1.54) is 0 Å². The molecule has 2 aromatic carbocycles. The van der Waals surface area contributed by atoms with Crippen molar-refractivity contribution in [3.63, 3.8) is 0 Å². The highest BCUT2D eigenvalue weighted by molar-refractivity contribution is 9.10. The number of aryl methyl sites for hydroxylation is 1. The van der Waals surface area contributed by atoms with E-state index in [0.717, 1.165) is 37.3 Å². The van der Waals surface area contributed by atoms with Gasteiger partial charge in [0.2, 0.25) is 0 Å². The first-order chi connectivity index (χ1) is 9.10. The Morgan fingerprint density at radius 2 is 1.89 bits per heavy atom. The van der Waals surface area contributed by atoms with Crippen LogP contribution in [0.4, 0.5) is 0 Å². The Bertz CT molecular complexity index is 584. The van der Waals surface area contributed by atoms with Gasteiger partial charge < -0.3 is 4.74 Å². The lowest BCUT2D eigenvalue weighted by Crippen LogP contribution is -1.97. The van der Waals surface area contributed by atoms with Crippen LogP contribution in [-0.2, 0) is 11.9 Å². The van der Waals surface area contributed by atoms with E-state index < -0.39 is 0 Å². The Labute approximate surface area is 135 Å². The van der Waals surface area contributed by atoms with Crippen LogP contribution in [0.15, 0.2) is 40.9 Å². The van der Waals surface area contributed by atoms with Gasteiger partial charge in [0.15, 0.2) is 0 Å². The normalized spacial score (nSPS) is 10.5. The second kappa shape index (κ2) is 6.78. The summed E-state index contributed by atoms with van der Waals surface area (Å²) >= 11 is 13.1. The minimum atomic E-state index is 0.475. The number of hydrogen-bond acceptors (Lipinski definition) is 1. The number of halogens is 3. The molecule has 4 heteroatoms. The fourth-order valence-corrected chi connectivity index (χ4v) is 3.19. The molecule has 0 radical (unpaired) electrons. The van der Waals surface area contributed by atoms with E-state index in [4.69, 9.17) is 16.3 Å². The maximum absolute atomic E-state index is 6.18. The zero-order chi connectivity index (χ0) is 13.8. The van der Waals surface area contributed by atoms with Crippen molar-refractivity contribution in [1.82, 2.24) is 0 Å². The molecule has 19 heavy (non-hydrogen) atoms. The molecule has 0 aliphatic carbocycles. The van der Waals surface area contributed by atoms with Crippen molar-refractivity contribution in [2.24, 2.45) is 0 Å². The average molecular weight is 405 g/mol. The van der Waals surface area contributed by atoms with Gasteiger partial charge in [0.05, 0.1) is 0 Å². The van der Waals surface area contributed by atoms with E-state index in [2.05, 4.69) is 31.9 Å². The molecule has 0 fully saturated rings. The van der Waals surface area contributed by atoms with Crippen LogP contribution in [-0.4, -0.2) is 0 Å². The molecule has 0 unspecified atom stereocenters. The number of rotatable bonds is 4. The van der Waals surface area contributed by atoms with Crippen molar-refractivity contribution < 1.29 is 4.74 Å². The van der Waals surface area contributed by atoms with Crippen LogP contribution >= 0.6 is 43.5 Å². The summed E-state index contributed by atoms with van der Waals surface area (Å²) in [5.74, 6) is 0.842. The van der Waals surface area contributed by atoms with Gasteiger partial charge in [-0.2, -0.15) is 0 Å². The van der Waals surface area contributed by atoms with Gasteiger partial charge >= 0.3 is 0 Å². The molecule has 0 spiro atoms. The topological polar surface area (TPSA) is 9.23 Å². The molecule has 0 bridgehead atoms. The molecule has 0 aliphatic rings. The summed E-state index contributed by atoms with van der Waals surface area (Å²) in [6.45, 7) is 2.50. The van der Waals surface area contributed by atoms with Crippen LogP contribution in [0.5, 0.6) is 5.75 Å².